The quantitative estimate of drug-likeness (QED) is 0.322. The maximum atomic E-state index is 12.8. The lowest BCUT2D eigenvalue weighted by atomic mass is 9.75. The van der Waals surface area contributed by atoms with Crippen LogP contribution in [0.1, 0.15) is 65.7 Å². The predicted molar refractivity (Wildman–Crippen MR) is 96.9 cm³/mol. The molecule has 2 rings (SSSR count). The summed E-state index contributed by atoms with van der Waals surface area (Å²) >= 11 is 0. The van der Waals surface area contributed by atoms with Gasteiger partial charge in [-0.05, 0) is 61.9 Å². The van der Waals surface area contributed by atoms with E-state index in [2.05, 4.69) is 25.0 Å². The number of rotatable bonds is 6. The third-order valence-corrected chi connectivity index (χ3v) is 6.37. The summed E-state index contributed by atoms with van der Waals surface area (Å²) in [7, 11) is -5.73. The van der Waals surface area contributed by atoms with Crippen LogP contribution >= 0.6 is 0 Å². The summed E-state index contributed by atoms with van der Waals surface area (Å²) in [4.78, 5) is 0. The van der Waals surface area contributed by atoms with E-state index in [0.717, 1.165) is 38.4 Å². The van der Waals surface area contributed by atoms with E-state index < -0.39 is 15.6 Å². The molecule has 3 atom stereocenters. The zero-order valence-electron chi connectivity index (χ0n) is 16.1. The Morgan fingerprint density at radius 1 is 1.26 bits per heavy atom. The Kier molecular flexibility index (Phi) is 7.27. The van der Waals surface area contributed by atoms with E-state index in [-0.39, 0.29) is 17.8 Å². The Morgan fingerprint density at radius 2 is 1.96 bits per heavy atom. The molecule has 0 spiro atoms. The van der Waals surface area contributed by atoms with Crippen molar-refractivity contribution >= 4 is 10.1 Å². The summed E-state index contributed by atoms with van der Waals surface area (Å²) in [5.41, 5.74) is -5.01. The number of hydrogen-bond acceptors (Lipinski definition) is 4. The van der Waals surface area contributed by atoms with Gasteiger partial charge in [-0.25, -0.2) is 0 Å². The average molecular weight is 410 g/mol. The molecule has 27 heavy (non-hydrogen) atoms. The molecule has 0 amide bonds. The van der Waals surface area contributed by atoms with Gasteiger partial charge in [0.2, 0.25) is 0 Å². The largest absolute Gasteiger partial charge is 0.534 e. The fourth-order valence-electron chi connectivity index (χ4n) is 3.80. The Hall–Kier alpha value is -1.18. The van der Waals surface area contributed by atoms with Gasteiger partial charge in [-0.2, -0.15) is 21.6 Å². The highest BCUT2D eigenvalue weighted by molar-refractivity contribution is 7.87. The lowest BCUT2D eigenvalue weighted by molar-refractivity contribution is -0.0524. The molecule has 8 heteroatoms. The van der Waals surface area contributed by atoms with E-state index in [1.807, 2.05) is 0 Å². The van der Waals surface area contributed by atoms with Gasteiger partial charge in [0.05, 0.1) is 0 Å². The van der Waals surface area contributed by atoms with Crippen LogP contribution in [0.3, 0.4) is 0 Å². The van der Waals surface area contributed by atoms with E-state index in [1.54, 1.807) is 6.08 Å². The first-order chi connectivity index (χ1) is 12.5. The highest BCUT2D eigenvalue weighted by atomic mass is 32.2. The Balaban J connectivity index is 2.25. The second-order valence-electron chi connectivity index (χ2n) is 7.94. The highest BCUT2D eigenvalue weighted by Gasteiger charge is 2.49. The fourth-order valence-corrected chi connectivity index (χ4v) is 4.27. The molecule has 0 aromatic heterocycles. The molecule has 0 heterocycles. The normalized spacial score (nSPS) is 28.0. The van der Waals surface area contributed by atoms with Gasteiger partial charge in [0.15, 0.2) is 5.76 Å². The minimum absolute atomic E-state index is 0.162. The van der Waals surface area contributed by atoms with Crippen molar-refractivity contribution in [3.05, 3.63) is 23.7 Å². The van der Waals surface area contributed by atoms with Crippen molar-refractivity contribution in [2.24, 2.45) is 17.8 Å². The number of halogens is 3. The summed E-state index contributed by atoms with van der Waals surface area (Å²) in [5.74, 6) is 0.759. The van der Waals surface area contributed by atoms with Crippen LogP contribution in [0.5, 0.6) is 0 Å². The van der Waals surface area contributed by atoms with Gasteiger partial charge in [0.25, 0.3) is 0 Å². The van der Waals surface area contributed by atoms with E-state index in [1.165, 1.54) is 0 Å². The zero-order chi connectivity index (χ0) is 20.2. The van der Waals surface area contributed by atoms with Gasteiger partial charge in [-0.3, -0.25) is 0 Å². The lowest BCUT2D eigenvalue weighted by Gasteiger charge is -2.36. The molecule has 2 aliphatic rings. The highest BCUT2D eigenvalue weighted by Crippen LogP contribution is 2.37. The van der Waals surface area contributed by atoms with Crippen LogP contribution in [0.4, 0.5) is 13.2 Å². The number of ether oxygens (including phenoxy) is 1. The molecular formula is C19H29F3O4S. The first-order valence-corrected chi connectivity index (χ1v) is 11.0. The van der Waals surface area contributed by atoms with Crippen molar-refractivity contribution < 1.29 is 30.5 Å². The fraction of sp³-hybridized carbons (Fsp3) is 0.789. The summed E-state index contributed by atoms with van der Waals surface area (Å²) in [5, 5.41) is 0. The van der Waals surface area contributed by atoms with Crippen molar-refractivity contribution in [3.63, 3.8) is 0 Å². The summed E-state index contributed by atoms with van der Waals surface area (Å²) in [6.07, 6.45) is 8.36. The topological polar surface area (TPSA) is 52.6 Å². The SMILES string of the molecule is CC(C)[C@@H]1CC[C@@H](C)C[C@H]1O/C=C(\OS(=O)(=O)C(F)(F)F)C1=CCCCC1. The van der Waals surface area contributed by atoms with Crippen LogP contribution in [-0.2, 0) is 19.0 Å². The maximum absolute atomic E-state index is 12.8. The summed E-state index contributed by atoms with van der Waals surface area (Å²) in [6, 6.07) is 0. The monoisotopic (exact) mass is 410 g/mol. The van der Waals surface area contributed by atoms with Crippen LogP contribution in [0, 0.1) is 17.8 Å². The van der Waals surface area contributed by atoms with Crippen molar-refractivity contribution in [1.82, 2.24) is 0 Å². The second kappa shape index (κ2) is 8.88. The van der Waals surface area contributed by atoms with Gasteiger partial charge in [0, 0.05) is 0 Å². The predicted octanol–water partition coefficient (Wildman–Crippen LogP) is 5.67. The van der Waals surface area contributed by atoms with Crippen LogP contribution < -0.4 is 0 Å². The van der Waals surface area contributed by atoms with Crippen molar-refractivity contribution in [2.45, 2.75) is 77.3 Å². The molecule has 0 aromatic carbocycles. The lowest BCUT2D eigenvalue weighted by Crippen LogP contribution is -2.33. The van der Waals surface area contributed by atoms with Crippen LogP contribution in [0.15, 0.2) is 23.7 Å². The van der Waals surface area contributed by atoms with Crippen molar-refractivity contribution in [1.29, 1.82) is 0 Å². The van der Waals surface area contributed by atoms with Gasteiger partial charge in [-0.1, -0.05) is 33.3 Å². The molecular weight excluding hydrogens is 381 g/mol. The third kappa shape index (κ3) is 5.90. The Bertz CT molecular complexity index is 665. The second-order valence-corrected chi connectivity index (χ2v) is 9.48. The summed E-state index contributed by atoms with van der Waals surface area (Å²) in [6.45, 7) is 6.30. The Labute approximate surface area is 159 Å². The summed E-state index contributed by atoms with van der Waals surface area (Å²) < 4.78 is 71.7. The Morgan fingerprint density at radius 3 is 2.52 bits per heavy atom. The molecule has 1 fully saturated rings. The van der Waals surface area contributed by atoms with Gasteiger partial charge < -0.3 is 8.92 Å². The van der Waals surface area contributed by atoms with Crippen LogP contribution in [0.2, 0.25) is 0 Å². The minimum Gasteiger partial charge on any atom is -0.494 e. The van der Waals surface area contributed by atoms with Gasteiger partial charge in [-0.15, -0.1) is 0 Å². The minimum atomic E-state index is -5.73. The van der Waals surface area contributed by atoms with Crippen LogP contribution in [0.25, 0.3) is 0 Å². The molecule has 1 saturated carbocycles. The molecule has 4 nitrogen and oxygen atoms in total. The maximum Gasteiger partial charge on any atom is 0.534 e. The smallest absolute Gasteiger partial charge is 0.494 e. The molecule has 0 aliphatic heterocycles. The molecule has 0 aromatic rings. The molecule has 0 saturated heterocycles. The molecule has 0 unspecified atom stereocenters. The molecule has 0 radical (unpaired) electrons. The standard InChI is InChI=1S/C19H29F3O4S/c1-13(2)16-10-9-14(3)11-17(16)25-12-18(15-7-5-4-6-8-15)26-27(23,24)19(20,21)22/h7,12-14,16-17H,4-6,8-11H2,1-3H3/b18-12-/t14-,16+,17-/m1/s1. The number of alkyl halides is 3. The first-order valence-electron chi connectivity index (χ1n) is 9.57. The van der Waals surface area contributed by atoms with E-state index in [9.17, 15) is 21.6 Å². The van der Waals surface area contributed by atoms with Crippen LogP contribution in [-0.4, -0.2) is 20.0 Å². The number of hydrogen-bond donors (Lipinski definition) is 0. The molecule has 0 N–H and O–H groups in total. The van der Waals surface area contributed by atoms with E-state index in [0.29, 0.717) is 30.3 Å². The number of allylic oxidation sites excluding steroid dienone is 2. The molecule has 0 bridgehead atoms. The van der Waals surface area contributed by atoms with Crippen molar-refractivity contribution in [2.75, 3.05) is 0 Å². The van der Waals surface area contributed by atoms with Crippen molar-refractivity contribution in [3.8, 4) is 0 Å². The van der Waals surface area contributed by atoms with E-state index >= 15 is 0 Å². The molecule has 156 valence electrons. The molecule has 2 aliphatic carbocycles. The first kappa shape index (κ1) is 22.1. The van der Waals surface area contributed by atoms with Gasteiger partial charge in [0.1, 0.15) is 12.4 Å². The van der Waals surface area contributed by atoms with Gasteiger partial charge >= 0.3 is 15.6 Å². The van der Waals surface area contributed by atoms with E-state index in [4.69, 9.17) is 4.74 Å². The average Bonchev–Trinajstić information content (AvgIpc) is 2.58. The third-order valence-electron chi connectivity index (χ3n) is 5.40. The zero-order valence-corrected chi connectivity index (χ0v) is 16.9.